The van der Waals surface area contributed by atoms with Crippen molar-refractivity contribution in [1.29, 1.82) is 0 Å². The van der Waals surface area contributed by atoms with Gasteiger partial charge in [0.05, 0.1) is 19.2 Å². The topological polar surface area (TPSA) is 117 Å². The van der Waals surface area contributed by atoms with Crippen molar-refractivity contribution in [2.45, 2.75) is 46.4 Å². The average Bonchev–Trinajstić information content (AvgIpc) is 3.15. The van der Waals surface area contributed by atoms with Crippen LogP contribution < -0.4 is 20.7 Å². The molecule has 1 aromatic heterocycles. The molecule has 1 aromatic carbocycles. The van der Waals surface area contributed by atoms with Crippen molar-refractivity contribution in [3.63, 3.8) is 0 Å². The lowest BCUT2D eigenvalue weighted by atomic mass is 10.0. The molecule has 0 unspecified atom stereocenters. The zero-order chi connectivity index (χ0) is 22.3. The van der Waals surface area contributed by atoms with Gasteiger partial charge in [-0.3, -0.25) is 4.79 Å². The zero-order valence-corrected chi connectivity index (χ0v) is 18.3. The van der Waals surface area contributed by atoms with Gasteiger partial charge >= 0.3 is 12.0 Å². The first-order valence-corrected chi connectivity index (χ1v) is 10.4. The van der Waals surface area contributed by atoms with E-state index in [1.165, 1.54) is 11.3 Å². The Balaban J connectivity index is 1.98. The fourth-order valence-corrected chi connectivity index (χ4v) is 3.54. The summed E-state index contributed by atoms with van der Waals surface area (Å²) in [4.78, 5) is 37.2. The molecule has 1 atom stereocenters. The number of carbonyl (C=O) groups is 3. The SMILES string of the molecule is Cc1cc(OC(C)C)cc(C)c1C(=O)N[C@@H](CNC(=O)NCc1cccs1)C(=O)O. The van der Waals surface area contributed by atoms with Gasteiger partial charge in [-0.25, -0.2) is 9.59 Å². The maximum atomic E-state index is 12.7. The summed E-state index contributed by atoms with van der Waals surface area (Å²) in [5, 5.41) is 18.9. The van der Waals surface area contributed by atoms with Gasteiger partial charge in [-0.05, 0) is 62.4 Å². The van der Waals surface area contributed by atoms with Crippen molar-refractivity contribution < 1.29 is 24.2 Å². The molecular formula is C21H27N3O5S. The van der Waals surface area contributed by atoms with Gasteiger partial charge in [0.15, 0.2) is 0 Å². The van der Waals surface area contributed by atoms with Crippen LogP contribution in [0.4, 0.5) is 4.79 Å². The van der Waals surface area contributed by atoms with Crippen LogP contribution in [-0.2, 0) is 11.3 Å². The van der Waals surface area contributed by atoms with Crippen molar-refractivity contribution in [3.05, 3.63) is 51.2 Å². The zero-order valence-electron chi connectivity index (χ0n) is 17.4. The Bertz CT molecular complexity index is 873. The first-order chi connectivity index (χ1) is 14.2. The van der Waals surface area contributed by atoms with E-state index >= 15 is 0 Å². The highest BCUT2D eigenvalue weighted by molar-refractivity contribution is 7.09. The largest absolute Gasteiger partial charge is 0.491 e. The minimum Gasteiger partial charge on any atom is -0.491 e. The summed E-state index contributed by atoms with van der Waals surface area (Å²) >= 11 is 1.50. The van der Waals surface area contributed by atoms with Crippen LogP contribution in [0.1, 0.15) is 40.2 Å². The molecule has 9 heteroatoms. The minimum atomic E-state index is -1.27. The molecule has 3 amide bonds. The van der Waals surface area contributed by atoms with Crippen LogP contribution in [0.15, 0.2) is 29.6 Å². The number of hydrogen-bond acceptors (Lipinski definition) is 5. The molecule has 2 aromatic rings. The van der Waals surface area contributed by atoms with Crippen LogP contribution >= 0.6 is 11.3 Å². The number of rotatable bonds is 9. The highest BCUT2D eigenvalue weighted by Crippen LogP contribution is 2.23. The summed E-state index contributed by atoms with van der Waals surface area (Å²) in [6.45, 7) is 7.45. The van der Waals surface area contributed by atoms with E-state index in [4.69, 9.17) is 4.74 Å². The van der Waals surface area contributed by atoms with Crippen LogP contribution in [0.25, 0.3) is 0 Å². The molecule has 0 radical (unpaired) electrons. The first kappa shape index (κ1) is 23.2. The maximum absolute atomic E-state index is 12.7. The molecule has 162 valence electrons. The van der Waals surface area contributed by atoms with Crippen LogP contribution in [0.5, 0.6) is 5.75 Å². The van der Waals surface area contributed by atoms with E-state index in [1.54, 1.807) is 26.0 Å². The van der Waals surface area contributed by atoms with Gasteiger partial charge in [0.1, 0.15) is 11.8 Å². The molecule has 2 rings (SSSR count). The highest BCUT2D eigenvalue weighted by atomic mass is 32.1. The summed E-state index contributed by atoms with van der Waals surface area (Å²) in [6.07, 6.45) is -0.00287. The molecule has 0 aliphatic carbocycles. The summed E-state index contributed by atoms with van der Waals surface area (Å²) in [6, 6.07) is 5.47. The summed E-state index contributed by atoms with van der Waals surface area (Å²) in [5.41, 5.74) is 1.74. The van der Waals surface area contributed by atoms with Crippen LogP contribution in [0.2, 0.25) is 0 Å². The van der Waals surface area contributed by atoms with Gasteiger partial charge < -0.3 is 25.8 Å². The Morgan fingerprint density at radius 2 is 1.80 bits per heavy atom. The molecule has 0 bridgehead atoms. The van der Waals surface area contributed by atoms with E-state index in [0.717, 1.165) is 4.88 Å². The number of ether oxygens (including phenoxy) is 1. The molecule has 4 N–H and O–H groups in total. The number of benzene rings is 1. The third-order valence-electron chi connectivity index (χ3n) is 4.18. The molecule has 8 nitrogen and oxygen atoms in total. The number of carboxylic acids is 1. The summed E-state index contributed by atoms with van der Waals surface area (Å²) < 4.78 is 5.67. The number of carbonyl (C=O) groups excluding carboxylic acids is 2. The van der Waals surface area contributed by atoms with Crippen LogP contribution in [0.3, 0.4) is 0 Å². The third kappa shape index (κ3) is 6.77. The highest BCUT2D eigenvalue weighted by Gasteiger charge is 2.23. The number of carboxylic acid groups (broad SMARTS) is 1. The van der Waals surface area contributed by atoms with Gasteiger partial charge in [0.25, 0.3) is 5.91 Å². The molecular weight excluding hydrogens is 406 g/mol. The summed E-state index contributed by atoms with van der Waals surface area (Å²) in [7, 11) is 0. The van der Waals surface area contributed by atoms with Gasteiger partial charge in [0.2, 0.25) is 0 Å². The Labute approximate surface area is 179 Å². The second-order valence-electron chi connectivity index (χ2n) is 7.11. The lowest BCUT2D eigenvalue weighted by Gasteiger charge is -2.18. The lowest BCUT2D eigenvalue weighted by Crippen LogP contribution is -2.50. The number of urea groups is 1. The van der Waals surface area contributed by atoms with Crippen molar-refractivity contribution in [1.82, 2.24) is 16.0 Å². The van der Waals surface area contributed by atoms with Gasteiger partial charge in [-0.15, -0.1) is 11.3 Å². The molecule has 0 spiro atoms. The average molecular weight is 434 g/mol. The molecule has 0 fully saturated rings. The molecule has 0 aliphatic rings. The van der Waals surface area contributed by atoms with Crippen molar-refractivity contribution in [2.75, 3.05) is 6.54 Å². The lowest BCUT2D eigenvalue weighted by molar-refractivity contribution is -0.139. The Morgan fingerprint density at radius 1 is 1.13 bits per heavy atom. The van der Waals surface area contributed by atoms with Gasteiger partial charge in [0, 0.05) is 10.4 Å². The predicted molar refractivity (Wildman–Crippen MR) is 115 cm³/mol. The smallest absolute Gasteiger partial charge is 0.328 e. The van der Waals surface area contributed by atoms with Gasteiger partial charge in [-0.2, -0.15) is 0 Å². The van der Waals surface area contributed by atoms with E-state index in [1.807, 2.05) is 31.4 Å². The third-order valence-corrected chi connectivity index (χ3v) is 5.05. The molecule has 1 heterocycles. The quantitative estimate of drug-likeness (QED) is 0.485. The van der Waals surface area contributed by atoms with Crippen LogP contribution in [-0.4, -0.2) is 41.7 Å². The van der Waals surface area contributed by atoms with E-state index < -0.39 is 23.9 Å². The number of aliphatic carboxylic acids is 1. The van der Waals surface area contributed by atoms with Crippen molar-refractivity contribution >= 4 is 29.2 Å². The Morgan fingerprint density at radius 3 is 2.33 bits per heavy atom. The molecule has 0 saturated heterocycles. The fourth-order valence-electron chi connectivity index (χ4n) is 2.89. The Kier molecular flexibility index (Phi) is 8.23. The van der Waals surface area contributed by atoms with Crippen LogP contribution in [0, 0.1) is 13.8 Å². The maximum Gasteiger partial charge on any atom is 0.328 e. The first-order valence-electron chi connectivity index (χ1n) is 9.53. The van der Waals surface area contributed by atoms with E-state index in [0.29, 0.717) is 29.0 Å². The van der Waals surface area contributed by atoms with Crippen molar-refractivity contribution in [2.24, 2.45) is 0 Å². The second kappa shape index (κ2) is 10.6. The summed E-state index contributed by atoms with van der Waals surface area (Å²) in [5.74, 6) is -1.11. The minimum absolute atomic E-state index is 0.00287. The van der Waals surface area contributed by atoms with E-state index in [9.17, 15) is 19.5 Å². The normalized spacial score (nSPS) is 11.6. The number of thiophene rings is 1. The fraction of sp³-hybridized carbons (Fsp3) is 0.381. The Hall–Kier alpha value is -3.07. The molecule has 0 aliphatic heterocycles. The van der Waals surface area contributed by atoms with E-state index in [2.05, 4.69) is 16.0 Å². The monoisotopic (exact) mass is 433 g/mol. The number of hydrogen-bond donors (Lipinski definition) is 4. The molecule has 0 saturated carbocycles. The number of amides is 3. The standard InChI is InChI=1S/C21H27N3O5S/c1-12(2)29-15-8-13(3)18(14(4)9-15)19(25)24-17(20(26)27)11-23-21(28)22-10-16-6-5-7-30-16/h5-9,12,17H,10-11H2,1-4H3,(H,24,25)(H,26,27)(H2,22,23,28)/t17-/m0/s1. The van der Waals surface area contributed by atoms with E-state index in [-0.39, 0.29) is 12.6 Å². The number of aryl methyl sites for hydroxylation is 2. The number of nitrogens with one attached hydrogen (secondary N) is 3. The second-order valence-corrected chi connectivity index (χ2v) is 8.14. The molecule has 30 heavy (non-hydrogen) atoms. The van der Waals surface area contributed by atoms with Gasteiger partial charge in [-0.1, -0.05) is 6.07 Å². The van der Waals surface area contributed by atoms with Crippen molar-refractivity contribution in [3.8, 4) is 5.75 Å². The predicted octanol–water partition coefficient (Wildman–Crippen LogP) is 2.83.